The minimum Gasteiger partial charge on any atom is -0.0613 e. The van der Waals surface area contributed by atoms with Crippen molar-refractivity contribution in [1.82, 2.24) is 0 Å². The average Bonchev–Trinajstić information content (AvgIpc) is 1.54. The first kappa shape index (κ1) is 70.0. The fourth-order valence-corrected chi connectivity index (χ4v) is 31.4. The molecule has 0 N–H and O–H groups in total. The van der Waals surface area contributed by atoms with Crippen molar-refractivity contribution in [2.45, 2.75) is 173 Å². The molecule has 4 aliphatic carbocycles. The van der Waals surface area contributed by atoms with Crippen molar-refractivity contribution >= 4 is 95.3 Å². The van der Waals surface area contributed by atoms with E-state index in [2.05, 4.69) is 329 Å². The second-order valence-electron chi connectivity index (χ2n) is 31.5. The highest BCUT2D eigenvalue weighted by molar-refractivity contribution is 7.81. The van der Waals surface area contributed by atoms with Crippen LogP contribution in [0.1, 0.15) is 159 Å². The Morgan fingerprint density at radius 1 is 0.186 bits per heavy atom. The minimum atomic E-state index is -0.770. The van der Waals surface area contributed by atoms with E-state index in [4.69, 9.17) is 0 Å². The molecule has 16 rings (SSSR count). The van der Waals surface area contributed by atoms with Gasteiger partial charge in [-0.2, -0.15) is 0 Å². The SMILES string of the molecule is Cc1cc(C)cc(P(c2cc(C)cc(C)c2)c2cccc3c2C2(CC3)CCc3cccc(P(c4cc(C)cc(C)c4)c4cc(C)cc(C)c4)c32)c1.Cc1cc(C)cc(P(c2cc(C)cc(C)c2)c2cccc3c2C2(CC3)CCc3cccc(P(c4cc(C)cc(C)c4)c4cc(C)cc(C)c4)c32)c1. The van der Waals surface area contributed by atoms with Gasteiger partial charge in [-0.3, -0.25) is 0 Å². The van der Waals surface area contributed by atoms with Crippen LogP contribution in [-0.2, 0) is 36.5 Å². The van der Waals surface area contributed by atoms with Crippen LogP contribution in [0.4, 0.5) is 0 Å². The first-order chi connectivity index (χ1) is 49.0. The van der Waals surface area contributed by atoms with E-state index in [0.29, 0.717) is 0 Å². The van der Waals surface area contributed by atoms with Crippen molar-refractivity contribution in [1.29, 1.82) is 0 Å². The molecule has 4 aliphatic rings. The van der Waals surface area contributed by atoms with Gasteiger partial charge in [0.25, 0.3) is 0 Å². The molecule has 12 aromatic carbocycles. The van der Waals surface area contributed by atoms with E-state index in [1.54, 1.807) is 65.7 Å². The maximum absolute atomic E-state index is 2.52. The molecule has 0 aromatic heterocycles. The quantitative estimate of drug-likeness (QED) is 0.107. The number of fused-ring (bicyclic) bond motifs is 8. The molecule has 0 radical (unpaired) electrons. The molecule has 0 saturated heterocycles. The lowest BCUT2D eigenvalue weighted by Crippen LogP contribution is -2.36. The van der Waals surface area contributed by atoms with E-state index < -0.39 is 31.7 Å². The van der Waals surface area contributed by atoms with Crippen molar-refractivity contribution in [3.05, 3.63) is 352 Å². The van der Waals surface area contributed by atoms with Gasteiger partial charge in [-0.05, 0) is 302 Å². The lowest BCUT2D eigenvalue weighted by molar-refractivity contribution is 0.511. The van der Waals surface area contributed by atoms with Gasteiger partial charge in [0.2, 0.25) is 0 Å². The maximum atomic E-state index is 2.52. The fourth-order valence-electron chi connectivity index (χ4n) is 19.4. The van der Waals surface area contributed by atoms with Crippen LogP contribution in [0.3, 0.4) is 0 Å². The summed E-state index contributed by atoms with van der Waals surface area (Å²) < 4.78 is 0. The highest BCUT2D eigenvalue weighted by Gasteiger charge is 2.51. The molecular formula is C98H100P4. The Hall–Kier alpha value is -7.64. The molecule has 0 nitrogen and oxygen atoms in total. The number of aryl methyl sites for hydroxylation is 20. The Balaban J connectivity index is 0.000000165. The number of rotatable bonds is 12. The molecule has 0 bridgehead atoms. The monoisotopic (exact) mass is 1400 g/mol. The summed E-state index contributed by atoms with van der Waals surface area (Å²) in [5.41, 5.74) is 34.5. The third-order valence-corrected chi connectivity index (χ3v) is 32.0. The van der Waals surface area contributed by atoms with Gasteiger partial charge in [-0.25, -0.2) is 0 Å². The van der Waals surface area contributed by atoms with Crippen LogP contribution in [-0.4, -0.2) is 0 Å². The molecule has 0 aliphatic heterocycles. The minimum absolute atomic E-state index is 0.00843. The third-order valence-electron chi connectivity index (χ3n) is 22.4. The van der Waals surface area contributed by atoms with Gasteiger partial charge in [0, 0.05) is 10.8 Å². The largest absolute Gasteiger partial charge is 0.0613 e. The van der Waals surface area contributed by atoms with Gasteiger partial charge in [-0.1, -0.05) is 307 Å². The Bertz CT molecular complexity index is 4280. The summed E-state index contributed by atoms with van der Waals surface area (Å²) in [7, 11) is -3.08. The molecule has 0 fully saturated rings. The van der Waals surface area contributed by atoms with Crippen molar-refractivity contribution in [3.63, 3.8) is 0 Å². The van der Waals surface area contributed by atoms with Crippen LogP contribution in [0.5, 0.6) is 0 Å². The zero-order valence-electron chi connectivity index (χ0n) is 63.2. The molecule has 0 unspecified atom stereocenters. The van der Waals surface area contributed by atoms with Gasteiger partial charge in [0.05, 0.1) is 0 Å². The predicted molar refractivity (Wildman–Crippen MR) is 451 cm³/mol. The van der Waals surface area contributed by atoms with E-state index in [9.17, 15) is 0 Å². The number of hydrogen-bond acceptors (Lipinski definition) is 0. The summed E-state index contributed by atoms with van der Waals surface area (Å²) in [6.45, 7) is 36.3. The maximum Gasteiger partial charge on any atom is 0.0227 e. The molecule has 102 heavy (non-hydrogen) atoms. The van der Waals surface area contributed by atoms with Crippen LogP contribution in [0, 0.1) is 111 Å². The summed E-state index contributed by atoms with van der Waals surface area (Å²) in [6.07, 6.45) is 9.33. The zero-order valence-corrected chi connectivity index (χ0v) is 66.8. The number of benzene rings is 12. The van der Waals surface area contributed by atoms with Gasteiger partial charge < -0.3 is 0 Å². The van der Waals surface area contributed by atoms with Crippen molar-refractivity contribution in [2.75, 3.05) is 0 Å². The van der Waals surface area contributed by atoms with Crippen LogP contribution >= 0.6 is 31.7 Å². The third kappa shape index (κ3) is 13.3. The molecule has 0 atom stereocenters. The van der Waals surface area contributed by atoms with E-state index in [1.807, 2.05) is 0 Å². The van der Waals surface area contributed by atoms with Crippen LogP contribution in [0.25, 0.3) is 0 Å². The molecular weight excluding hydrogens is 1300 g/mol. The predicted octanol–water partition coefficient (Wildman–Crippen LogP) is 19.7. The van der Waals surface area contributed by atoms with Crippen molar-refractivity contribution in [2.24, 2.45) is 0 Å². The average molecular weight is 1400 g/mol. The fraction of sp³-hybridized carbons (Fsp3) is 0.265. The van der Waals surface area contributed by atoms with E-state index in [0.717, 1.165) is 25.7 Å². The smallest absolute Gasteiger partial charge is 0.0227 e. The first-order valence-corrected chi connectivity index (χ1v) is 42.7. The van der Waals surface area contributed by atoms with Gasteiger partial charge in [0.1, 0.15) is 0 Å². The lowest BCUT2D eigenvalue weighted by atomic mass is 9.76. The first-order valence-electron chi connectivity index (χ1n) is 37.3. The molecule has 4 heteroatoms. The second-order valence-corrected chi connectivity index (χ2v) is 40.3. The van der Waals surface area contributed by atoms with Crippen molar-refractivity contribution in [3.8, 4) is 0 Å². The standard InChI is InChI=1S/2C49H50P2/c2*1-31-19-32(2)24-41(23-31)50(42-25-33(3)20-34(4)26-42)45-13-9-11-39-15-17-49(47(39)45)18-16-40-12-10-14-46(48(40)49)51(43-27-35(5)21-36(6)28-43)44-29-37(7)22-38(8)30-44/h2*9-14,19-30H,15-18H2,1-8H3. The Kier molecular flexibility index (Phi) is 19.3. The highest BCUT2D eigenvalue weighted by Crippen LogP contribution is 2.58. The van der Waals surface area contributed by atoms with Crippen molar-refractivity contribution < 1.29 is 0 Å². The van der Waals surface area contributed by atoms with Gasteiger partial charge in [-0.15, -0.1) is 0 Å². The molecule has 12 aromatic rings. The topological polar surface area (TPSA) is 0 Å². The normalized spacial score (nSPS) is 14.5. The molecule has 0 heterocycles. The number of hydrogen-bond donors (Lipinski definition) is 0. The van der Waals surface area contributed by atoms with E-state index >= 15 is 0 Å². The Labute approximate surface area is 616 Å². The van der Waals surface area contributed by atoms with Crippen LogP contribution in [0.2, 0.25) is 0 Å². The zero-order chi connectivity index (χ0) is 71.2. The molecule has 0 amide bonds. The van der Waals surface area contributed by atoms with Gasteiger partial charge >= 0.3 is 0 Å². The summed E-state index contributed by atoms with van der Waals surface area (Å²) >= 11 is 0. The lowest BCUT2D eigenvalue weighted by Gasteiger charge is -2.35. The molecule has 0 saturated carbocycles. The molecule has 2 spiro atoms. The molecule has 512 valence electrons. The summed E-state index contributed by atoms with van der Waals surface area (Å²) in [5, 5.41) is 18.1. The van der Waals surface area contributed by atoms with Gasteiger partial charge in [0.15, 0.2) is 0 Å². The Morgan fingerprint density at radius 2 is 0.324 bits per heavy atom. The van der Waals surface area contributed by atoms with E-state index in [1.165, 1.54) is 157 Å². The highest BCUT2D eigenvalue weighted by atomic mass is 31.1. The van der Waals surface area contributed by atoms with Crippen LogP contribution < -0.4 is 63.7 Å². The van der Waals surface area contributed by atoms with E-state index in [-0.39, 0.29) is 10.8 Å². The Morgan fingerprint density at radius 3 is 0.461 bits per heavy atom. The summed E-state index contributed by atoms with van der Waals surface area (Å²) in [5.74, 6) is 0. The summed E-state index contributed by atoms with van der Waals surface area (Å²) in [4.78, 5) is 0. The summed E-state index contributed by atoms with van der Waals surface area (Å²) in [6, 6.07) is 87.7. The van der Waals surface area contributed by atoms with Crippen LogP contribution in [0.15, 0.2) is 218 Å². The second kappa shape index (κ2) is 28.1.